The molecule has 0 unspecified atom stereocenters. The molecule has 0 atom stereocenters. The van der Waals surface area contributed by atoms with Gasteiger partial charge in [0, 0.05) is 15.7 Å². The molecule has 0 aliphatic rings. The van der Waals surface area contributed by atoms with Gasteiger partial charge in [0.2, 0.25) is 5.91 Å². The summed E-state index contributed by atoms with van der Waals surface area (Å²) in [7, 11) is 0. The van der Waals surface area contributed by atoms with Gasteiger partial charge in [-0.05, 0) is 42.5 Å². The third-order valence-electron chi connectivity index (χ3n) is 3.23. The Balaban J connectivity index is 1.82. The highest BCUT2D eigenvalue weighted by molar-refractivity contribution is 6.31. The van der Waals surface area contributed by atoms with E-state index in [0.717, 1.165) is 0 Å². The second-order valence-corrected chi connectivity index (χ2v) is 5.77. The Hall–Kier alpha value is -2.37. The molecule has 5 nitrogen and oxygen atoms in total. The van der Waals surface area contributed by atoms with Crippen LogP contribution in [0.25, 0.3) is 10.9 Å². The molecule has 116 valence electrons. The molecule has 23 heavy (non-hydrogen) atoms. The number of nitrogens with zero attached hydrogens (tertiary/aromatic N) is 2. The molecule has 3 aromatic rings. The Morgan fingerprint density at radius 1 is 1.09 bits per heavy atom. The molecule has 7 heteroatoms. The molecule has 0 saturated heterocycles. The molecule has 1 aromatic heterocycles. The van der Waals surface area contributed by atoms with Gasteiger partial charge in [0.1, 0.15) is 6.54 Å². The van der Waals surface area contributed by atoms with Gasteiger partial charge in [-0.15, -0.1) is 0 Å². The summed E-state index contributed by atoms with van der Waals surface area (Å²) in [5.41, 5.74) is 0.808. The van der Waals surface area contributed by atoms with Gasteiger partial charge in [-0.25, -0.2) is 4.98 Å². The predicted octanol–water partition coefficient (Wildman–Crippen LogP) is 3.34. The van der Waals surface area contributed by atoms with E-state index < -0.39 is 0 Å². The van der Waals surface area contributed by atoms with Crippen molar-refractivity contribution in [2.45, 2.75) is 6.54 Å². The number of rotatable bonds is 3. The molecule has 1 amide bonds. The van der Waals surface area contributed by atoms with Crippen molar-refractivity contribution in [3.63, 3.8) is 0 Å². The van der Waals surface area contributed by atoms with E-state index in [-0.39, 0.29) is 18.0 Å². The first-order valence-electron chi connectivity index (χ1n) is 6.73. The number of hydrogen-bond acceptors (Lipinski definition) is 3. The van der Waals surface area contributed by atoms with E-state index in [1.807, 2.05) is 0 Å². The Morgan fingerprint density at radius 2 is 1.78 bits per heavy atom. The minimum atomic E-state index is -0.329. The van der Waals surface area contributed by atoms with Gasteiger partial charge < -0.3 is 5.32 Å². The Kier molecular flexibility index (Phi) is 4.32. The van der Waals surface area contributed by atoms with Crippen LogP contribution in [-0.4, -0.2) is 15.5 Å². The summed E-state index contributed by atoms with van der Waals surface area (Å²) in [5.74, 6) is -0.329. The van der Waals surface area contributed by atoms with E-state index in [9.17, 15) is 9.59 Å². The van der Waals surface area contributed by atoms with Crippen LogP contribution in [0.4, 0.5) is 5.69 Å². The molecule has 2 aromatic carbocycles. The van der Waals surface area contributed by atoms with Crippen LogP contribution in [0.2, 0.25) is 10.0 Å². The number of anilines is 1. The minimum absolute atomic E-state index is 0.132. The fourth-order valence-corrected chi connectivity index (χ4v) is 2.42. The maximum Gasteiger partial charge on any atom is 0.261 e. The average Bonchev–Trinajstić information content (AvgIpc) is 2.52. The lowest BCUT2D eigenvalue weighted by atomic mass is 10.2. The number of nitrogens with one attached hydrogen (secondary N) is 1. The zero-order chi connectivity index (χ0) is 16.4. The van der Waals surface area contributed by atoms with E-state index in [1.54, 1.807) is 42.5 Å². The lowest BCUT2D eigenvalue weighted by Crippen LogP contribution is -2.27. The smallest absolute Gasteiger partial charge is 0.261 e. The van der Waals surface area contributed by atoms with Crippen molar-refractivity contribution in [3.8, 4) is 0 Å². The topological polar surface area (TPSA) is 64.0 Å². The van der Waals surface area contributed by atoms with Crippen LogP contribution in [0.3, 0.4) is 0 Å². The number of hydrogen-bond donors (Lipinski definition) is 1. The Morgan fingerprint density at radius 3 is 2.52 bits per heavy atom. The predicted molar refractivity (Wildman–Crippen MR) is 91.1 cm³/mol. The van der Waals surface area contributed by atoms with E-state index >= 15 is 0 Å². The standard InChI is InChI=1S/C16H11Cl2N3O2/c17-10-1-4-12(5-2-10)20-15(22)8-21-9-19-14-7-11(18)3-6-13(14)16(21)23/h1-7,9H,8H2,(H,20,22). The van der Waals surface area contributed by atoms with Gasteiger partial charge in [-0.2, -0.15) is 0 Å². The summed E-state index contributed by atoms with van der Waals surface area (Å²) < 4.78 is 1.25. The second-order valence-electron chi connectivity index (χ2n) is 4.89. The quantitative estimate of drug-likeness (QED) is 0.790. The highest BCUT2D eigenvalue weighted by Gasteiger charge is 2.09. The third-order valence-corrected chi connectivity index (χ3v) is 3.72. The van der Waals surface area contributed by atoms with Crippen LogP contribution >= 0.6 is 23.2 Å². The van der Waals surface area contributed by atoms with Gasteiger partial charge in [0.05, 0.1) is 17.2 Å². The molecule has 0 bridgehead atoms. The van der Waals surface area contributed by atoms with Crippen molar-refractivity contribution < 1.29 is 4.79 Å². The number of aromatic nitrogens is 2. The van der Waals surface area contributed by atoms with Gasteiger partial charge in [0.15, 0.2) is 0 Å². The number of amides is 1. The van der Waals surface area contributed by atoms with Gasteiger partial charge in [-0.3, -0.25) is 14.2 Å². The average molecular weight is 348 g/mol. The van der Waals surface area contributed by atoms with E-state index in [0.29, 0.717) is 26.6 Å². The highest BCUT2D eigenvalue weighted by Crippen LogP contribution is 2.15. The lowest BCUT2D eigenvalue weighted by molar-refractivity contribution is -0.116. The van der Waals surface area contributed by atoms with Crippen LogP contribution < -0.4 is 10.9 Å². The number of benzene rings is 2. The van der Waals surface area contributed by atoms with Gasteiger partial charge in [-0.1, -0.05) is 23.2 Å². The summed E-state index contributed by atoms with van der Waals surface area (Å²) in [6, 6.07) is 11.5. The SMILES string of the molecule is O=C(Cn1cnc2cc(Cl)ccc2c1=O)Nc1ccc(Cl)cc1. The van der Waals surface area contributed by atoms with Crippen LogP contribution in [-0.2, 0) is 11.3 Å². The number of fused-ring (bicyclic) bond motifs is 1. The fourth-order valence-electron chi connectivity index (χ4n) is 2.13. The highest BCUT2D eigenvalue weighted by atomic mass is 35.5. The summed E-state index contributed by atoms with van der Waals surface area (Å²) >= 11 is 11.7. The first-order chi connectivity index (χ1) is 11.0. The van der Waals surface area contributed by atoms with E-state index in [4.69, 9.17) is 23.2 Å². The molecule has 1 N–H and O–H groups in total. The van der Waals surface area contributed by atoms with Crippen molar-refractivity contribution in [1.82, 2.24) is 9.55 Å². The van der Waals surface area contributed by atoms with Crippen molar-refractivity contribution in [2.24, 2.45) is 0 Å². The number of halogens is 2. The molecule has 0 saturated carbocycles. The fraction of sp³-hybridized carbons (Fsp3) is 0.0625. The van der Waals surface area contributed by atoms with Crippen molar-refractivity contribution in [3.05, 3.63) is 69.2 Å². The number of carbonyl (C=O) groups excluding carboxylic acids is 1. The maximum atomic E-state index is 12.4. The van der Waals surface area contributed by atoms with Crippen LogP contribution in [0.5, 0.6) is 0 Å². The van der Waals surface area contributed by atoms with E-state index in [2.05, 4.69) is 10.3 Å². The van der Waals surface area contributed by atoms with E-state index in [1.165, 1.54) is 10.9 Å². The lowest BCUT2D eigenvalue weighted by Gasteiger charge is -2.08. The largest absolute Gasteiger partial charge is 0.325 e. The zero-order valence-electron chi connectivity index (χ0n) is 11.8. The normalized spacial score (nSPS) is 10.7. The molecule has 1 heterocycles. The molecule has 0 fully saturated rings. The van der Waals surface area contributed by atoms with Crippen molar-refractivity contribution >= 4 is 45.7 Å². The molecular formula is C16H11Cl2N3O2. The summed E-state index contributed by atoms with van der Waals surface area (Å²) in [6.07, 6.45) is 1.34. The van der Waals surface area contributed by atoms with Crippen LogP contribution in [0.15, 0.2) is 53.6 Å². The Bertz CT molecular complexity index is 936. The zero-order valence-corrected chi connectivity index (χ0v) is 13.3. The molecular weight excluding hydrogens is 337 g/mol. The summed E-state index contributed by atoms with van der Waals surface area (Å²) in [5, 5.41) is 4.19. The van der Waals surface area contributed by atoms with Gasteiger partial charge >= 0.3 is 0 Å². The number of carbonyl (C=O) groups is 1. The monoisotopic (exact) mass is 347 g/mol. The summed E-state index contributed by atoms with van der Waals surface area (Å²) in [6.45, 7) is -0.132. The first-order valence-corrected chi connectivity index (χ1v) is 7.48. The molecule has 0 spiro atoms. The van der Waals surface area contributed by atoms with Gasteiger partial charge in [0.25, 0.3) is 5.56 Å². The molecule has 0 radical (unpaired) electrons. The Labute approximate surface area is 141 Å². The van der Waals surface area contributed by atoms with Crippen molar-refractivity contribution in [1.29, 1.82) is 0 Å². The molecule has 0 aliphatic heterocycles. The molecule has 3 rings (SSSR count). The third kappa shape index (κ3) is 3.52. The van der Waals surface area contributed by atoms with Crippen LogP contribution in [0, 0.1) is 0 Å². The van der Waals surface area contributed by atoms with Crippen LogP contribution in [0.1, 0.15) is 0 Å². The molecule has 0 aliphatic carbocycles. The summed E-state index contributed by atoms with van der Waals surface area (Å²) in [4.78, 5) is 28.6. The minimum Gasteiger partial charge on any atom is -0.325 e. The maximum absolute atomic E-state index is 12.4. The first kappa shape index (κ1) is 15.5. The van der Waals surface area contributed by atoms with Crippen molar-refractivity contribution in [2.75, 3.05) is 5.32 Å². The second kappa shape index (κ2) is 6.40.